The Kier molecular flexibility index (Phi) is 7.57. The molecule has 1 amide bonds. The zero-order chi connectivity index (χ0) is 23.5. The summed E-state index contributed by atoms with van der Waals surface area (Å²) in [6.07, 6.45) is 1.42. The lowest BCUT2D eigenvalue weighted by molar-refractivity contribution is 0.0285. The SMILES string of the molecule is CNC(=N)N[C@@]1(c2cc(NC(=O)c3ccc(Cl)cn3)ccc2F)COCCC1S(=O)(=O)I. The van der Waals surface area contributed by atoms with Gasteiger partial charge in [-0.3, -0.25) is 10.2 Å². The van der Waals surface area contributed by atoms with Crippen LogP contribution < -0.4 is 16.0 Å². The number of nitrogens with one attached hydrogen (secondary N) is 4. The summed E-state index contributed by atoms with van der Waals surface area (Å²) in [5, 5.41) is 15.3. The van der Waals surface area contributed by atoms with Crippen LogP contribution in [-0.2, 0) is 17.3 Å². The number of hydrogen-bond donors (Lipinski definition) is 4. The summed E-state index contributed by atoms with van der Waals surface area (Å²) in [6.45, 7) is -0.0273. The first kappa shape index (κ1) is 24.6. The van der Waals surface area contributed by atoms with E-state index in [-0.39, 0.29) is 42.5 Å². The molecule has 32 heavy (non-hydrogen) atoms. The Bertz CT molecular complexity index is 1140. The Balaban J connectivity index is 2.06. The second-order valence-electron chi connectivity index (χ2n) is 7.04. The van der Waals surface area contributed by atoms with Crippen molar-refractivity contribution in [2.75, 3.05) is 25.6 Å². The number of rotatable bonds is 5. The van der Waals surface area contributed by atoms with Gasteiger partial charge in [0.2, 0.25) is 7.01 Å². The van der Waals surface area contributed by atoms with Crippen molar-refractivity contribution in [2.45, 2.75) is 17.2 Å². The zero-order valence-corrected chi connectivity index (χ0v) is 20.5. The third-order valence-electron chi connectivity index (χ3n) is 5.01. The molecule has 3 rings (SSSR count). The number of pyridine rings is 1. The Morgan fingerprint density at radius 1 is 1.38 bits per heavy atom. The van der Waals surface area contributed by atoms with Crippen LogP contribution in [0.4, 0.5) is 10.1 Å². The standard InChI is InChI=1S/C19H20ClFIN5O4S/c1-24-18(23)27-19(10-31-7-6-16(19)32(22,29)30)13-8-12(3-4-14(13)21)26-17(28)15-5-2-11(20)9-25-15/h2-5,8-9,16H,6-7,10H2,1H3,(H,26,28)(H3,23,24,27)/t16?,19-/m1/s1. The fourth-order valence-electron chi connectivity index (χ4n) is 3.51. The average molecular weight is 596 g/mol. The number of hydrogen-bond acceptors (Lipinski definition) is 6. The summed E-state index contributed by atoms with van der Waals surface area (Å²) in [6, 6.07) is 6.76. The lowest BCUT2D eigenvalue weighted by atomic mass is 9.83. The van der Waals surface area contributed by atoms with Crippen molar-refractivity contribution < 1.29 is 22.3 Å². The van der Waals surface area contributed by atoms with Gasteiger partial charge in [0, 0.05) is 31.1 Å². The van der Waals surface area contributed by atoms with Gasteiger partial charge in [0.1, 0.15) is 22.3 Å². The summed E-state index contributed by atoms with van der Waals surface area (Å²) in [5.41, 5.74) is -1.33. The maximum absolute atomic E-state index is 15.1. The predicted octanol–water partition coefficient (Wildman–Crippen LogP) is 2.62. The van der Waals surface area contributed by atoms with Crippen molar-refractivity contribution in [2.24, 2.45) is 0 Å². The van der Waals surface area contributed by atoms with Crippen LogP contribution in [0.3, 0.4) is 0 Å². The van der Waals surface area contributed by atoms with Crippen LogP contribution in [0.1, 0.15) is 22.5 Å². The van der Waals surface area contributed by atoms with Crippen LogP contribution in [0, 0.1) is 11.2 Å². The third kappa shape index (κ3) is 5.30. The monoisotopic (exact) mass is 595 g/mol. The first-order chi connectivity index (χ1) is 15.1. The number of aromatic nitrogens is 1. The first-order valence-electron chi connectivity index (χ1n) is 9.35. The van der Waals surface area contributed by atoms with Crippen LogP contribution in [0.15, 0.2) is 36.5 Å². The van der Waals surface area contributed by atoms with Gasteiger partial charge < -0.3 is 20.7 Å². The highest BCUT2D eigenvalue weighted by atomic mass is 127. The van der Waals surface area contributed by atoms with Gasteiger partial charge >= 0.3 is 0 Å². The Morgan fingerprint density at radius 3 is 2.75 bits per heavy atom. The zero-order valence-electron chi connectivity index (χ0n) is 16.8. The van der Waals surface area contributed by atoms with Crippen LogP contribution >= 0.6 is 32.8 Å². The van der Waals surface area contributed by atoms with Gasteiger partial charge in [-0.1, -0.05) is 11.6 Å². The number of anilines is 1. The Hall–Kier alpha value is -2.03. The van der Waals surface area contributed by atoms with Gasteiger partial charge in [0.15, 0.2) is 5.96 Å². The summed E-state index contributed by atoms with van der Waals surface area (Å²) < 4.78 is 45.9. The molecule has 0 bridgehead atoms. The lowest BCUT2D eigenvalue weighted by Crippen LogP contribution is -2.62. The molecule has 9 nitrogen and oxygen atoms in total. The van der Waals surface area contributed by atoms with Crippen LogP contribution in [-0.4, -0.2) is 50.8 Å². The third-order valence-corrected chi connectivity index (χ3v) is 8.39. The molecule has 0 aliphatic carbocycles. The number of halogens is 3. The van der Waals surface area contributed by atoms with Crippen molar-refractivity contribution in [3.05, 3.63) is 58.6 Å². The van der Waals surface area contributed by atoms with Crippen LogP contribution in [0.5, 0.6) is 0 Å². The second-order valence-corrected chi connectivity index (χ2v) is 12.7. The molecule has 13 heteroatoms. The summed E-state index contributed by atoms with van der Waals surface area (Å²) in [7, 11) is -2.23. The van der Waals surface area contributed by atoms with Gasteiger partial charge in [0.05, 0.1) is 32.8 Å². The molecular weight excluding hydrogens is 576 g/mol. The summed E-state index contributed by atoms with van der Waals surface area (Å²) in [5.74, 6) is -1.47. The van der Waals surface area contributed by atoms with E-state index in [0.29, 0.717) is 5.02 Å². The minimum atomic E-state index is -3.71. The van der Waals surface area contributed by atoms with Gasteiger partial charge in [-0.05, 0) is 36.8 Å². The quantitative estimate of drug-likeness (QED) is 0.181. The number of nitrogens with zero attached hydrogens (tertiary/aromatic N) is 1. The molecule has 0 saturated carbocycles. The fourth-order valence-corrected chi connectivity index (χ4v) is 6.80. The molecule has 2 aromatic rings. The highest BCUT2D eigenvalue weighted by molar-refractivity contribution is 14.2. The lowest BCUT2D eigenvalue weighted by Gasteiger charge is -2.44. The molecule has 0 radical (unpaired) electrons. The molecule has 172 valence electrons. The highest BCUT2D eigenvalue weighted by Crippen LogP contribution is 2.39. The van der Waals surface area contributed by atoms with E-state index >= 15 is 4.39 Å². The molecule has 1 aromatic heterocycles. The highest BCUT2D eigenvalue weighted by Gasteiger charge is 2.51. The van der Waals surface area contributed by atoms with Gasteiger partial charge in [-0.2, -0.15) is 0 Å². The molecular formula is C19H20ClFIN5O4S. The molecule has 1 aliphatic rings. The Labute approximate surface area is 201 Å². The van der Waals surface area contributed by atoms with Gasteiger partial charge in [-0.15, -0.1) is 0 Å². The van der Waals surface area contributed by atoms with E-state index in [0.717, 1.165) is 6.07 Å². The number of benzene rings is 1. The largest absolute Gasteiger partial charge is 0.379 e. The molecule has 2 atom stereocenters. The topological polar surface area (TPSA) is 133 Å². The molecule has 1 unspecified atom stereocenters. The Morgan fingerprint density at radius 2 is 2.12 bits per heavy atom. The van der Waals surface area contributed by atoms with Crippen molar-refractivity contribution >= 4 is 57.4 Å². The van der Waals surface area contributed by atoms with Crippen molar-refractivity contribution in [1.29, 1.82) is 5.41 Å². The van der Waals surface area contributed by atoms with E-state index in [4.69, 9.17) is 21.7 Å². The minimum absolute atomic E-state index is 0.0516. The van der Waals surface area contributed by atoms with E-state index in [9.17, 15) is 13.2 Å². The maximum atomic E-state index is 15.1. The summed E-state index contributed by atoms with van der Waals surface area (Å²) >= 11 is 7.13. The van der Waals surface area contributed by atoms with E-state index in [1.165, 1.54) is 58.7 Å². The fraction of sp³-hybridized carbons (Fsp3) is 0.316. The molecule has 0 spiro atoms. The molecule has 1 aliphatic heterocycles. The van der Waals surface area contributed by atoms with Crippen LogP contribution in [0.25, 0.3) is 0 Å². The number of ether oxygens (including phenoxy) is 1. The first-order valence-corrected chi connectivity index (χ1v) is 13.8. The predicted molar refractivity (Wildman–Crippen MR) is 127 cm³/mol. The number of amides is 1. The molecule has 2 heterocycles. The van der Waals surface area contributed by atoms with E-state index in [1.807, 2.05) is 0 Å². The van der Waals surface area contributed by atoms with E-state index < -0.39 is 29.5 Å². The average Bonchev–Trinajstić information content (AvgIpc) is 2.74. The van der Waals surface area contributed by atoms with Crippen LogP contribution in [0.2, 0.25) is 5.02 Å². The minimum Gasteiger partial charge on any atom is -0.379 e. The van der Waals surface area contributed by atoms with Gasteiger partial charge in [-0.25, -0.2) is 17.8 Å². The van der Waals surface area contributed by atoms with Crippen molar-refractivity contribution in [1.82, 2.24) is 15.6 Å². The van der Waals surface area contributed by atoms with Crippen molar-refractivity contribution in [3.8, 4) is 0 Å². The number of carbonyl (C=O) groups excluding carboxylic acids is 1. The van der Waals surface area contributed by atoms with E-state index in [2.05, 4.69) is 20.9 Å². The summed E-state index contributed by atoms with van der Waals surface area (Å²) in [4.78, 5) is 16.5. The smallest absolute Gasteiger partial charge is 0.274 e. The maximum Gasteiger partial charge on any atom is 0.274 e. The van der Waals surface area contributed by atoms with Crippen molar-refractivity contribution in [3.63, 3.8) is 0 Å². The molecule has 1 aromatic carbocycles. The van der Waals surface area contributed by atoms with E-state index in [1.54, 1.807) is 0 Å². The normalized spacial score (nSPS) is 20.9. The second kappa shape index (κ2) is 9.85. The molecule has 4 N–H and O–H groups in total. The molecule has 1 fully saturated rings. The van der Waals surface area contributed by atoms with Gasteiger partial charge in [0.25, 0.3) is 5.91 Å². The number of carbonyl (C=O) groups is 1. The number of guanidine groups is 1. The molecule has 1 saturated heterocycles.